The second-order valence-electron chi connectivity index (χ2n) is 5.43. The van der Waals surface area contributed by atoms with E-state index in [0.717, 1.165) is 24.4 Å². The molecule has 2 aromatic rings. The number of nitriles is 1. The summed E-state index contributed by atoms with van der Waals surface area (Å²) in [6.45, 7) is 1.54. The van der Waals surface area contributed by atoms with Crippen LogP contribution in [0.5, 0.6) is 0 Å². The van der Waals surface area contributed by atoms with Gasteiger partial charge in [0.15, 0.2) is 0 Å². The van der Waals surface area contributed by atoms with Gasteiger partial charge in [-0.3, -0.25) is 4.90 Å². The van der Waals surface area contributed by atoms with Gasteiger partial charge in [0.1, 0.15) is 5.82 Å². The number of ether oxygens (including phenoxy) is 1. The minimum Gasteiger partial charge on any atom is -0.380 e. The van der Waals surface area contributed by atoms with Gasteiger partial charge in [-0.25, -0.2) is 4.98 Å². The molecule has 22 heavy (non-hydrogen) atoms. The van der Waals surface area contributed by atoms with E-state index in [4.69, 9.17) is 21.6 Å². The molecule has 6 heteroatoms. The first kappa shape index (κ1) is 15.0. The predicted molar refractivity (Wildman–Crippen MR) is 83.3 cm³/mol. The summed E-state index contributed by atoms with van der Waals surface area (Å²) in [5.41, 5.74) is 1.58. The topological polar surface area (TPSA) is 64.9 Å². The molecule has 0 aliphatic carbocycles. The molecule has 1 N–H and O–H groups in total. The second-order valence-corrected chi connectivity index (χ2v) is 5.84. The van der Waals surface area contributed by atoms with Crippen LogP contribution in [0.1, 0.15) is 29.4 Å². The maximum atomic E-state index is 8.92. The average Bonchev–Trinajstić information content (AvgIpc) is 3.18. The molecule has 1 aromatic heterocycles. The van der Waals surface area contributed by atoms with E-state index < -0.39 is 0 Å². The average molecular weight is 317 g/mol. The van der Waals surface area contributed by atoms with Crippen molar-refractivity contribution in [3.63, 3.8) is 0 Å². The minimum absolute atomic E-state index is 0.187. The van der Waals surface area contributed by atoms with Gasteiger partial charge in [0, 0.05) is 37.6 Å². The van der Waals surface area contributed by atoms with Crippen molar-refractivity contribution in [3.05, 3.63) is 52.6 Å². The zero-order valence-electron chi connectivity index (χ0n) is 12.3. The van der Waals surface area contributed by atoms with Crippen molar-refractivity contribution >= 4 is 11.6 Å². The number of likely N-dealkylation sites (tertiary alicyclic amines) is 1. The van der Waals surface area contributed by atoms with Gasteiger partial charge in [0.05, 0.1) is 23.8 Å². The van der Waals surface area contributed by atoms with E-state index >= 15 is 0 Å². The van der Waals surface area contributed by atoms with Crippen molar-refractivity contribution in [1.29, 1.82) is 5.26 Å². The maximum absolute atomic E-state index is 8.92. The van der Waals surface area contributed by atoms with Crippen molar-refractivity contribution in [2.75, 3.05) is 13.7 Å². The molecule has 3 rings (SSSR count). The van der Waals surface area contributed by atoms with E-state index in [1.807, 2.05) is 12.3 Å². The highest BCUT2D eigenvalue weighted by molar-refractivity contribution is 6.31. The van der Waals surface area contributed by atoms with Crippen LogP contribution in [0.3, 0.4) is 0 Å². The Labute approximate surface area is 134 Å². The Morgan fingerprint density at radius 2 is 2.41 bits per heavy atom. The van der Waals surface area contributed by atoms with Crippen LogP contribution in [-0.4, -0.2) is 34.6 Å². The first-order valence-corrected chi connectivity index (χ1v) is 7.53. The van der Waals surface area contributed by atoms with Crippen LogP contribution in [0.25, 0.3) is 0 Å². The molecule has 0 radical (unpaired) electrons. The normalized spacial score (nSPS) is 21.9. The second kappa shape index (κ2) is 6.49. The number of halogens is 1. The lowest BCUT2D eigenvalue weighted by molar-refractivity contribution is 0.107. The quantitative estimate of drug-likeness (QED) is 0.942. The number of hydrogen-bond donors (Lipinski definition) is 1. The van der Waals surface area contributed by atoms with Crippen molar-refractivity contribution in [2.24, 2.45) is 0 Å². The Kier molecular flexibility index (Phi) is 4.44. The van der Waals surface area contributed by atoms with Crippen molar-refractivity contribution in [1.82, 2.24) is 14.9 Å². The summed E-state index contributed by atoms with van der Waals surface area (Å²) in [5.74, 6) is 0.948. The Bertz CT molecular complexity index is 680. The minimum atomic E-state index is 0.187. The third-order valence-corrected chi connectivity index (χ3v) is 4.44. The molecule has 2 heterocycles. The fraction of sp³-hybridized carbons (Fsp3) is 0.375. The first-order valence-electron chi connectivity index (χ1n) is 7.16. The Morgan fingerprint density at radius 1 is 1.55 bits per heavy atom. The number of methoxy groups -OCH3 is 1. The number of nitrogens with one attached hydrogen (secondary N) is 1. The number of benzene rings is 1. The highest BCUT2D eigenvalue weighted by Gasteiger charge is 2.34. The molecule has 114 valence electrons. The van der Waals surface area contributed by atoms with Gasteiger partial charge in [-0.1, -0.05) is 17.7 Å². The van der Waals surface area contributed by atoms with E-state index in [-0.39, 0.29) is 12.1 Å². The summed E-state index contributed by atoms with van der Waals surface area (Å²) >= 11 is 6.30. The lowest BCUT2D eigenvalue weighted by Crippen LogP contribution is -2.25. The van der Waals surface area contributed by atoms with Crippen LogP contribution in [0.2, 0.25) is 5.02 Å². The van der Waals surface area contributed by atoms with Crippen LogP contribution >= 0.6 is 11.6 Å². The van der Waals surface area contributed by atoms with E-state index in [2.05, 4.69) is 20.9 Å². The molecule has 0 spiro atoms. The molecule has 0 bridgehead atoms. The largest absolute Gasteiger partial charge is 0.380 e. The molecule has 1 aliphatic rings. The number of hydrogen-bond acceptors (Lipinski definition) is 4. The van der Waals surface area contributed by atoms with Gasteiger partial charge >= 0.3 is 0 Å². The zero-order valence-corrected chi connectivity index (χ0v) is 13.0. The maximum Gasteiger partial charge on any atom is 0.123 e. The summed E-state index contributed by atoms with van der Waals surface area (Å²) in [6, 6.07) is 7.72. The Hall–Kier alpha value is -1.87. The van der Waals surface area contributed by atoms with Crippen LogP contribution in [0.15, 0.2) is 30.6 Å². The fourth-order valence-corrected chi connectivity index (χ4v) is 3.16. The number of aromatic amines is 1. The lowest BCUT2D eigenvalue weighted by atomic mass is 10.1. The van der Waals surface area contributed by atoms with Crippen molar-refractivity contribution < 1.29 is 4.74 Å². The molecular formula is C16H17ClN4O. The molecule has 1 aromatic carbocycles. The smallest absolute Gasteiger partial charge is 0.123 e. The molecule has 5 nitrogen and oxygen atoms in total. The number of imidazole rings is 1. The third-order valence-electron chi connectivity index (χ3n) is 4.09. The lowest BCUT2D eigenvalue weighted by Gasteiger charge is -2.23. The van der Waals surface area contributed by atoms with Gasteiger partial charge in [0.25, 0.3) is 0 Å². The molecule has 1 fully saturated rings. The van der Waals surface area contributed by atoms with Crippen LogP contribution in [0, 0.1) is 11.3 Å². The number of aromatic nitrogens is 2. The molecule has 0 amide bonds. The summed E-state index contributed by atoms with van der Waals surface area (Å²) in [6.07, 6.45) is 4.69. The van der Waals surface area contributed by atoms with Crippen LogP contribution in [0.4, 0.5) is 0 Å². The van der Waals surface area contributed by atoms with Gasteiger partial charge < -0.3 is 9.72 Å². The van der Waals surface area contributed by atoms with Gasteiger partial charge in [-0.05, 0) is 24.1 Å². The molecule has 1 aliphatic heterocycles. The van der Waals surface area contributed by atoms with Gasteiger partial charge in [0.2, 0.25) is 0 Å². The zero-order chi connectivity index (χ0) is 15.5. The van der Waals surface area contributed by atoms with Crippen LogP contribution < -0.4 is 0 Å². The van der Waals surface area contributed by atoms with E-state index in [1.54, 1.807) is 25.4 Å². The Balaban J connectivity index is 1.82. The highest BCUT2D eigenvalue weighted by atomic mass is 35.5. The molecule has 1 saturated heterocycles. The predicted octanol–water partition coefficient (Wildman–Crippen LogP) is 2.90. The van der Waals surface area contributed by atoms with Gasteiger partial charge in [-0.2, -0.15) is 5.26 Å². The SMILES string of the molecule is CO[C@@H]1CC(c2ncc[nH]2)N(Cc2ccc(C#N)cc2Cl)C1. The number of rotatable bonds is 4. The van der Waals surface area contributed by atoms with Crippen molar-refractivity contribution in [3.8, 4) is 6.07 Å². The van der Waals surface area contributed by atoms with E-state index in [1.165, 1.54) is 0 Å². The van der Waals surface area contributed by atoms with Crippen molar-refractivity contribution in [2.45, 2.75) is 25.1 Å². The number of H-pyrrole nitrogens is 1. The van der Waals surface area contributed by atoms with Crippen LogP contribution in [-0.2, 0) is 11.3 Å². The summed E-state index contributed by atoms with van der Waals surface area (Å²) in [5, 5.41) is 9.55. The molecular weight excluding hydrogens is 300 g/mol. The summed E-state index contributed by atoms with van der Waals surface area (Å²) in [7, 11) is 1.74. The van der Waals surface area contributed by atoms with E-state index in [0.29, 0.717) is 17.1 Å². The third kappa shape index (κ3) is 3.00. The fourth-order valence-electron chi connectivity index (χ4n) is 2.92. The summed E-state index contributed by atoms with van der Waals surface area (Å²) in [4.78, 5) is 9.87. The first-order chi connectivity index (χ1) is 10.7. The highest BCUT2D eigenvalue weighted by Crippen LogP contribution is 2.33. The number of nitrogens with zero attached hydrogens (tertiary/aromatic N) is 3. The standard InChI is InChI=1S/C16H17ClN4O/c1-22-13-7-15(16-19-4-5-20-16)21(10-13)9-12-3-2-11(8-18)6-14(12)17/h2-6,13,15H,7,9-10H2,1H3,(H,19,20)/t13-,15?/m1/s1. The molecule has 2 atom stereocenters. The Morgan fingerprint density at radius 3 is 3.05 bits per heavy atom. The monoisotopic (exact) mass is 316 g/mol. The summed E-state index contributed by atoms with van der Waals surface area (Å²) < 4.78 is 5.51. The van der Waals surface area contributed by atoms with Gasteiger partial charge in [-0.15, -0.1) is 0 Å². The molecule has 1 unspecified atom stereocenters. The van der Waals surface area contributed by atoms with E-state index in [9.17, 15) is 0 Å². The molecule has 0 saturated carbocycles.